The number of hydrogen-bond acceptors (Lipinski definition) is 9. The van der Waals surface area contributed by atoms with Crippen LogP contribution in [0.4, 0.5) is 14.9 Å². The third-order valence-corrected chi connectivity index (χ3v) is 9.15. The Kier molecular flexibility index (Phi) is 8.95. The van der Waals surface area contributed by atoms with E-state index in [4.69, 9.17) is 19.3 Å². The van der Waals surface area contributed by atoms with Crippen molar-refractivity contribution in [3.05, 3.63) is 77.8 Å². The van der Waals surface area contributed by atoms with Gasteiger partial charge in [-0.05, 0) is 49.1 Å². The third kappa shape index (κ3) is 6.75. The summed E-state index contributed by atoms with van der Waals surface area (Å²) in [6, 6.07) is 15.0. The summed E-state index contributed by atoms with van der Waals surface area (Å²) in [5.41, 5.74) is 4.55. The Morgan fingerprint density at radius 1 is 1.00 bits per heavy atom. The number of anilines is 1. The van der Waals surface area contributed by atoms with Gasteiger partial charge in [0, 0.05) is 78.7 Å². The smallest absolute Gasteiger partial charge is 0.407 e. The first-order valence-electron chi connectivity index (χ1n) is 16.8. The fourth-order valence-electron chi connectivity index (χ4n) is 6.24. The number of fused-ring (bicyclic) bond motifs is 1. The molecule has 14 heteroatoms. The predicted octanol–water partition coefficient (Wildman–Crippen LogP) is 6.01. The van der Waals surface area contributed by atoms with Crippen molar-refractivity contribution in [2.75, 3.05) is 37.7 Å². The molecule has 5 aromatic rings. The van der Waals surface area contributed by atoms with Crippen LogP contribution in [-0.4, -0.2) is 79.7 Å². The first-order valence-corrected chi connectivity index (χ1v) is 16.8. The number of carboxylic acid groups (broad SMARTS) is 1. The Labute approximate surface area is 288 Å². The largest absolute Gasteiger partial charge is 0.465 e. The molecule has 2 aliphatic rings. The number of benzene rings is 2. The van der Waals surface area contributed by atoms with Gasteiger partial charge in [-0.3, -0.25) is 4.79 Å². The lowest BCUT2D eigenvalue weighted by atomic mass is 9.96. The van der Waals surface area contributed by atoms with Crippen LogP contribution in [0.5, 0.6) is 0 Å². The van der Waals surface area contributed by atoms with E-state index >= 15 is 4.39 Å². The van der Waals surface area contributed by atoms with Crippen LogP contribution in [0.25, 0.3) is 33.4 Å². The lowest BCUT2D eigenvalue weighted by molar-refractivity contribution is -0.0368. The molecule has 7 rings (SSSR count). The molecule has 50 heavy (non-hydrogen) atoms. The second-order valence-corrected chi connectivity index (χ2v) is 13.7. The Balaban J connectivity index is 1.14. The van der Waals surface area contributed by atoms with Gasteiger partial charge >= 0.3 is 17.9 Å². The first-order chi connectivity index (χ1) is 24.0. The molecule has 2 saturated heterocycles. The monoisotopic (exact) mass is 682 g/mol. The van der Waals surface area contributed by atoms with Crippen molar-refractivity contribution in [3.8, 4) is 22.4 Å². The molecule has 1 unspecified atom stereocenters. The summed E-state index contributed by atoms with van der Waals surface area (Å²) in [4.78, 5) is 36.6. The number of halogens is 1. The molecule has 0 saturated carbocycles. The van der Waals surface area contributed by atoms with Gasteiger partial charge in [0.05, 0.1) is 0 Å². The molecule has 0 bridgehead atoms. The molecule has 1 atom stereocenters. The minimum absolute atomic E-state index is 0.0692. The van der Waals surface area contributed by atoms with Crippen LogP contribution in [0.2, 0.25) is 0 Å². The molecule has 0 radical (unpaired) electrons. The fourth-order valence-corrected chi connectivity index (χ4v) is 6.24. The van der Waals surface area contributed by atoms with E-state index in [0.717, 1.165) is 41.5 Å². The summed E-state index contributed by atoms with van der Waals surface area (Å²) >= 11 is 0. The van der Waals surface area contributed by atoms with Crippen molar-refractivity contribution in [1.29, 1.82) is 0 Å². The number of carbonyl (C=O) groups is 2. The van der Waals surface area contributed by atoms with Crippen molar-refractivity contribution in [2.45, 2.75) is 58.2 Å². The van der Waals surface area contributed by atoms with Gasteiger partial charge in [-0.15, -0.1) is 0 Å². The number of aromatic nitrogens is 5. The molecule has 2 fully saturated rings. The maximum absolute atomic E-state index is 15.6. The van der Waals surface area contributed by atoms with Gasteiger partial charge < -0.3 is 29.5 Å². The van der Waals surface area contributed by atoms with Crippen molar-refractivity contribution in [3.63, 3.8) is 0 Å². The maximum atomic E-state index is 15.6. The number of amides is 2. The molecule has 2 N–H and O–H groups in total. The number of nitrogens with zero attached hydrogens (tertiary/aromatic N) is 7. The summed E-state index contributed by atoms with van der Waals surface area (Å²) in [7, 11) is 0. The van der Waals surface area contributed by atoms with Crippen LogP contribution < -0.4 is 10.2 Å². The molecule has 2 aromatic carbocycles. The number of ether oxygens (including phenoxy) is 1. The number of hydrogen-bond donors (Lipinski definition) is 2. The molecule has 2 aliphatic heterocycles. The number of rotatable bonds is 7. The van der Waals surface area contributed by atoms with Crippen molar-refractivity contribution >= 4 is 28.7 Å². The first kappa shape index (κ1) is 33.1. The fraction of sp³-hybridized carbons (Fsp3) is 0.389. The van der Waals surface area contributed by atoms with Gasteiger partial charge in [0.15, 0.2) is 17.7 Å². The molecule has 0 aliphatic carbocycles. The van der Waals surface area contributed by atoms with E-state index in [1.54, 1.807) is 16.8 Å². The van der Waals surface area contributed by atoms with Gasteiger partial charge in [-0.1, -0.05) is 50.2 Å². The Hall–Kier alpha value is -5.37. The molecule has 260 valence electrons. The lowest BCUT2D eigenvalue weighted by Gasteiger charge is -2.34. The molecule has 2 amide bonds. The van der Waals surface area contributed by atoms with E-state index < -0.39 is 17.8 Å². The molecule has 0 spiro atoms. The Morgan fingerprint density at radius 2 is 1.76 bits per heavy atom. The number of piperazine rings is 1. The van der Waals surface area contributed by atoms with Gasteiger partial charge in [0.2, 0.25) is 0 Å². The average Bonchev–Trinajstić information content (AvgIpc) is 3.78. The zero-order valence-electron chi connectivity index (χ0n) is 28.2. The minimum Gasteiger partial charge on any atom is -0.465 e. The lowest BCUT2D eigenvalue weighted by Crippen LogP contribution is -2.48. The summed E-state index contributed by atoms with van der Waals surface area (Å²) < 4.78 is 28.6. The van der Waals surface area contributed by atoms with Crippen molar-refractivity contribution in [2.24, 2.45) is 0 Å². The topological polar surface area (TPSA) is 152 Å². The zero-order valence-corrected chi connectivity index (χ0v) is 28.2. The van der Waals surface area contributed by atoms with Crippen LogP contribution in [0.15, 0.2) is 59.3 Å². The highest BCUT2D eigenvalue weighted by atomic mass is 19.1. The summed E-state index contributed by atoms with van der Waals surface area (Å²) in [5.74, 6) is -0.845. The second kappa shape index (κ2) is 13.5. The average molecular weight is 683 g/mol. The zero-order chi connectivity index (χ0) is 35.0. The predicted molar refractivity (Wildman–Crippen MR) is 183 cm³/mol. The van der Waals surface area contributed by atoms with E-state index in [1.807, 2.05) is 57.3 Å². The quantitative estimate of drug-likeness (QED) is 0.209. The number of carbonyl (C=O) groups excluding carboxylic acids is 1. The van der Waals surface area contributed by atoms with Crippen LogP contribution in [-0.2, 0) is 16.7 Å². The molecule has 13 nitrogen and oxygen atoms in total. The summed E-state index contributed by atoms with van der Waals surface area (Å²) in [5, 5.41) is 21.5. The van der Waals surface area contributed by atoms with Crippen molar-refractivity contribution < 1.29 is 28.3 Å². The van der Waals surface area contributed by atoms with E-state index in [-0.39, 0.29) is 24.1 Å². The summed E-state index contributed by atoms with van der Waals surface area (Å²) in [6.07, 6.45) is 3.44. The number of nitrogens with one attached hydrogen (secondary N) is 1. The van der Waals surface area contributed by atoms with Crippen LogP contribution >= 0.6 is 0 Å². The van der Waals surface area contributed by atoms with Gasteiger partial charge in [-0.25, -0.2) is 18.9 Å². The minimum atomic E-state index is -0.889. The Morgan fingerprint density at radius 3 is 2.42 bits per heavy atom. The van der Waals surface area contributed by atoms with E-state index in [2.05, 4.69) is 20.4 Å². The second-order valence-electron chi connectivity index (χ2n) is 13.7. The molecular weight excluding hydrogens is 643 g/mol. The van der Waals surface area contributed by atoms with E-state index in [9.17, 15) is 14.7 Å². The molecular formula is C36H39FN8O5. The highest BCUT2D eigenvalue weighted by molar-refractivity contribution is 5.94. The highest BCUT2D eigenvalue weighted by Gasteiger charge is 2.26. The van der Waals surface area contributed by atoms with E-state index in [1.165, 1.54) is 11.0 Å². The number of pyridine rings is 1. The standard InChI is InChI=1S/C36H39FN8O5/c1-36(2,3)34-40-33(50-42-34)32(46)39-20-24-8-7-23(19-28(24)37)30-27-18-25(21-38-31(27)45(41-30)29-6-4-5-17-49-29)22-9-11-26(12-10-22)43-13-15-44(16-14-43)35(47)48/h7-12,18-19,21,29H,4-6,13-17,20H2,1-3H3,(H,39,46)(H,47,48). The van der Waals surface area contributed by atoms with Crippen LogP contribution in [0.1, 0.15) is 68.3 Å². The van der Waals surface area contributed by atoms with Gasteiger partial charge in [0.1, 0.15) is 11.5 Å². The summed E-state index contributed by atoms with van der Waals surface area (Å²) in [6.45, 7) is 8.48. The van der Waals surface area contributed by atoms with Gasteiger partial charge in [-0.2, -0.15) is 10.1 Å². The SMILES string of the molecule is CC(C)(C)c1noc(C(=O)NCc2ccc(-c3nn(C4CCCCO4)c4ncc(-c5ccc(N6CCN(C(=O)O)CC6)cc5)cc34)cc2F)n1. The van der Waals surface area contributed by atoms with Crippen LogP contribution in [0, 0.1) is 5.82 Å². The van der Waals surface area contributed by atoms with E-state index in [0.29, 0.717) is 61.1 Å². The Bertz CT molecular complexity index is 2020. The normalized spacial score (nSPS) is 16.9. The third-order valence-electron chi connectivity index (χ3n) is 9.15. The highest BCUT2D eigenvalue weighted by Crippen LogP contribution is 2.35. The van der Waals surface area contributed by atoms with Crippen LogP contribution in [0.3, 0.4) is 0 Å². The van der Waals surface area contributed by atoms with Gasteiger partial charge in [0.25, 0.3) is 0 Å². The van der Waals surface area contributed by atoms with Crippen molar-refractivity contribution in [1.82, 2.24) is 35.1 Å². The maximum Gasteiger partial charge on any atom is 0.407 e. The molecule has 3 aromatic heterocycles. The molecule has 5 heterocycles.